The van der Waals surface area contributed by atoms with Gasteiger partial charge in [0.25, 0.3) is 0 Å². The van der Waals surface area contributed by atoms with Gasteiger partial charge in [-0.1, -0.05) is 20.8 Å². The van der Waals surface area contributed by atoms with Crippen LogP contribution < -0.4 is 0 Å². The van der Waals surface area contributed by atoms with E-state index in [1.54, 1.807) is 6.92 Å². The van der Waals surface area contributed by atoms with Gasteiger partial charge in [0, 0.05) is 19.3 Å². The van der Waals surface area contributed by atoms with Gasteiger partial charge >= 0.3 is 11.9 Å². The molecular weight excluding hydrogens is 404 g/mol. The fourth-order valence-electron chi connectivity index (χ4n) is 9.13. The molecule has 1 N–H and O–H groups in total. The van der Waals surface area contributed by atoms with E-state index in [4.69, 9.17) is 9.47 Å². The number of rotatable bonds is 5. The van der Waals surface area contributed by atoms with Crippen molar-refractivity contribution in [2.45, 2.75) is 104 Å². The van der Waals surface area contributed by atoms with Crippen molar-refractivity contribution < 1.29 is 24.2 Å². The molecule has 0 heterocycles. The molecule has 182 valence electrons. The van der Waals surface area contributed by atoms with Gasteiger partial charge in [-0.3, -0.25) is 9.59 Å². The maximum Gasteiger partial charge on any atom is 0.305 e. The number of aliphatic hydroxyl groups is 1. The highest BCUT2D eigenvalue weighted by Gasteiger charge is 2.63. The molecule has 0 aromatic carbocycles. The van der Waals surface area contributed by atoms with E-state index >= 15 is 0 Å². The van der Waals surface area contributed by atoms with E-state index < -0.39 is 0 Å². The van der Waals surface area contributed by atoms with Gasteiger partial charge < -0.3 is 14.6 Å². The minimum atomic E-state index is -0.206. The molecule has 0 spiro atoms. The van der Waals surface area contributed by atoms with Gasteiger partial charge in [-0.25, -0.2) is 0 Å². The molecular formula is C27H44O5. The zero-order valence-electron chi connectivity index (χ0n) is 20.8. The highest BCUT2D eigenvalue weighted by Crippen LogP contribution is 2.68. The average Bonchev–Trinajstić information content (AvgIpc) is 3.09. The van der Waals surface area contributed by atoms with Crippen LogP contribution in [0.5, 0.6) is 0 Å². The van der Waals surface area contributed by atoms with E-state index in [1.165, 1.54) is 32.8 Å². The molecule has 5 heteroatoms. The monoisotopic (exact) mass is 448 g/mol. The van der Waals surface area contributed by atoms with Gasteiger partial charge in [0.2, 0.25) is 0 Å². The second-order valence-electron chi connectivity index (χ2n) is 12.1. The van der Waals surface area contributed by atoms with Crippen molar-refractivity contribution in [2.75, 3.05) is 7.11 Å². The SMILES string of the molecule is COC(=O)CCC(C)[C@H]1CC[C@H]2[C@@H]3[C@H](OC(C)=O)C[C@@H]4C[C@H](O)CC[C@]4(C)[C@H]3CC[C@]12C. The van der Waals surface area contributed by atoms with E-state index in [0.29, 0.717) is 41.9 Å². The third kappa shape index (κ3) is 4.01. The number of aliphatic hydroxyl groups excluding tert-OH is 1. The zero-order chi connectivity index (χ0) is 23.3. The van der Waals surface area contributed by atoms with Crippen LogP contribution >= 0.6 is 0 Å². The fraction of sp³-hybridized carbons (Fsp3) is 0.926. The van der Waals surface area contributed by atoms with Crippen molar-refractivity contribution in [3.63, 3.8) is 0 Å². The third-order valence-corrected chi connectivity index (χ3v) is 10.7. The molecule has 4 aliphatic rings. The molecule has 4 saturated carbocycles. The molecule has 5 nitrogen and oxygen atoms in total. The summed E-state index contributed by atoms with van der Waals surface area (Å²) in [6, 6.07) is 0. The quantitative estimate of drug-likeness (QED) is 0.590. The summed E-state index contributed by atoms with van der Waals surface area (Å²) in [5.74, 6) is 2.83. The smallest absolute Gasteiger partial charge is 0.305 e. The number of hydrogen-bond acceptors (Lipinski definition) is 5. The summed E-state index contributed by atoms with van der Waals surface area (Å²) >= 11 is 0. The van der Waals surface area contributed by atoms with Gasteiger partial charge in [-0.2, -0.15) is 0 Å². The standard InChI is InChI=1S/C27H44O5/c1-16(6-9-24(30)31-5)20-7-8-21-25-22(11-13-27(20,21)4)26(3)12-10-19(29)14-18(26)15-23(25)32-17(2)28/h16,18-23,25,29H,6-15H2,1-5H3/t16?,18-,19+,20+,21-,22-,23+,25-,26-,27+/m0/s1. The van der Waals surface area contributed by atoms with E-state index in [0.717, 1.165) is 32.1 Å². The summed E-state index contributed by atoms with van der Waals surface area (Å²) in [7, 11) is 1.47. The summed E-state index contributed by atoms with van der Waals surface area (Å²) in [5, 5.41) is 10.4. The summed E-state index contributed by atoms with van der Waals surface area (Å²) in [4.78, 5) is 23.8. The first-order valence-electron chi connectivity index (χ1n) is 13.0. The Balaban J connectivity index is 1.59. The lowest BCUT2D eigenvalue weighted by Crippen LogP contribution is -2.59. The largest absolute Gasteiger partial charge is 0.469 e. The Morgan fingerprint density at radius 2 is 1.72 bits per heavy atom. The molecule has 0 saturated heterocycles. The number of carbonyl (C=O) groups is 2. The maximum atomic E-state index is 12.1. The number of carbonyl (C=O) groups excluding carboxylic acids is 2. The van der Waals surface area contributed by atoms with Gasteiger partial charge in [-0.05, 0) is 98.2 Å². The molecule has 0 aromatic rings. The maximum absolute atomic E-state index is 12.1. The molecule has 32 heavy (non-hydrogen) atoms. The normalized spacial score (nSPS) is 46.4. The zero-order valence-corrected chi connectivity index (χ0v) is 20.8. The van der Waals surface area contributed by atoms with Crippen LogP contribution in [0.1, 0.15) is 91.9 Å². The molecule has 0 amide bonds. The Hall–Kier alpha value is -1.10. The number of esters is 2. The molecule has 1 unspecified atom stereocenters. The van der Waals surface area contributed by atoms with Crippen molar-refractivity contribution in [3.05, 3.63) is 0 Å². The van der Waals surface area contributed by atoms with Crippen LogP contribution in [0, 0.1) is 46.3 Å². The Kier molecular flexibility index (Phi) is 6.70. The molecule has 4 fully saturated rings. The van der Waals surface area contributed by atoms with Crippen molar-refractivity contribution in [2.24, 2.45) is 46.3 Å². The van der Waals surface area contributed by atoms with E-state index in [2.05, 4.69) is 20.8 Å². The third-order valence-electron chi connectivity index (χ3n) is 10.7. The van der Waals surface area contributed by atoms with Crippen LogP contribution in [0.15, 0.2) is 0 Å². The molecule has 10 atom stereocenters. The first-order chi connectivity index (χ1) is 15.1. The fourth-order valence-corrected chi connectivity index (χ4v) is 9.13. The Labute approximate surface area is 194 Å². The Bertz CT molecular complexity index is 721. The molecule has 0 radical (unpaired) electrons. The first kappa shape index (κ1) is 24.0. The van der Waals surface area contributed by atoms with Crippen LogP contribution in [-0.2, 0) is 19.1 Å². The van der Waals surface area contributed by atoms with Gasteiger partial charge in [-0.15, -0.1) is 0 Å². The number of fused-ring (bicyclic) bond motifs is 5. The highest BCUT2D eigenvalue weighted by atomic mass is 16.5. The molecule has 0 aromatic heterocycles. The van der Waals surface area contributed by atoms with Gasteiger partial charge in [0.1, 0.15) is 6.10 Å². The van der Waals surface area contributed by atoms with E-state index in [9.17, 15) is 14.7 Å². The predicted octanol–water partition coefficient (Wildman–Crippen LogP) is 5.14. The van der Waals surface area contributed by atoms with Crippen LogP contribution in [0.25, 0.3) is 0 Å². The van der Waals surface area contributed by atoms with Crippen molar-refractivity contribution >= 4 is 11.9 Å². The van der Waals surface area contributed by atoms with E-state index in [-0.39, 0.29) is 35.0 Å². The number of hydrogen-bond donors (Lipinski definition) is 1. The number of methoxy groups -OCH3 is 1. The molecule has 0 aliphatic heterocycles. The summed E-state index contributed by atoms with van der Waals surface area (Å²) in [5.41, 5.74) is 0.489. The average molecular weight is 449 g/mol. The Morgan fingerprint density at radius 1 is 1.03 bits per heavy atom. The van der Waals surface area contributed by atoms with Crippen molar-refractivity contribution in [1.82, 2.24) is 0 Å². The van der Waals surface area contributed by atoms with Gasteiger partial charge in [0.15, 0.2) is 0 Å². The van der Waals surface area contributed by atoms with Crippen LogP contribution in [0.3, 0.4) is 0 Å². The second-order valence-corrected chi connectivity index (χ2v) is 12.1. The lowest BCUT2D eigenvalue weighted by Gasteiger charge is -2.62. The van der Waals surface area contributed by atoms with E-state index in [1.807, 2.05) is 0 Å². The predicted molar refractivity (Wildman–Crippen MR) is 123 cm³/mol. The minimum Gasteiger partial charge on any atom is -0.469 e. The molecule has 4 aliphatic carbocycles. The topological polar surface area (TPSA) is 72.8 Å². The van der Waals surface area contributed by atoms with Gasteiger partial charge in [0.05, 0.1) is 13.2 Å². The second kappa shape index (κ2) is 8.92. The van der Waals surface area contributed by atoms with Crippen molar-refractivity contribution in [3.8, 4) is 0 Å². The van der Waals surface area contributed by atoms with Crippen LogP contribution in [0.4, 0.5) is 0 Å². The molecule has 0 bridgehead atoms. The van der Waals surface area contributed by atoms with Crippen molar-refractivity contribution in [1.29, 1.82) is 0 Å². The minimum absolute atomic E-state index is 0.0189. The molecule has 4 rings (SSSR count). The summed E-state index contributed by atoms with van der Waals surface area (Å²) in [6.07, 6.45) is 9.75. The first-order valence-corrected chi connectivity index (χ1v) is 13.0. The van der Waals surface area contributed by atoms with Crippen LogP contribution in [0.2, 0.25) is 0 Å². The number of ether oxygens (including phenoxy) is 2. The lowest BCUT2D eigenvalue weighted by molar-refractivity contribution is -0.194. The highest BCUT2D eigenvalue weighted by molar-refractivity contribution is 5.69. The Morgan fingerprint density at radius 3 is 2.41 bits per heavy atom. The summed E-state index contributed by atoms with van der Waals surface area (Å²) in [6.45, 7) is 8.83. The van der Waals surface area contributed by atoms with Crippen LogP contribution in [-0.4, -0.2) is 36.4 Å². The summed E-state index contributed by atoms with van der Waals surface area (Å²) < 4.78 is 10.9. The lowest BCUT2D eigenvalue weighted by atomic mass is 9.43.